The standard InChI is InChI=1S/C28H34N2O8/c1-5-35-26(33)21(30-27(34)38-28(2,3)4)16-19-11-12-22-20(15-19)29-25(32)23(37-22)13-14-24(31)36-17-18-9-7-6-8-10-18/h6-12,15,21,23H,5,13-14,16-17H2,1-4H3,(H,29,32)(H,30,34)/t21-,23+/m0/s1. The van der Waals surface area contributed by atoms with Gasteiger partial charge in [-0.05, 0) is 51.0 Å². The number of nitrogens with one attached hydrogen (secondary N) is 2. The molecule has 1 aliphatic rings. The van der Waals surface area contributed by atoms with Crippen LogP contribution in [0.1, 0.15) is 51.7 Å². The van der Waals surface area contributed by atoms with Gasteiger partial charge in [0.1, 0.15) is 24.0 Å². The van der Waals surface area contributed by atoms with Crippen molar-refractivity contribution >= 4 is 29.6 Å². The molecule has 0 aromatic heterocycles. The van der Waals surface area contributed by atoms with E-state index in [1.807, 2.05) is 30.3 Å². The molecule has 2 atom stereocenters. The smallest absolute Gasteiger partial charge is 0.408 e. The number of hydrogen-bond donors (Lipinski definition) is 2. The predicted molar refractivity (Wildman–Crippen MR) is 138 cm³/mol. The second-order valence-corrected chi connectivity index (χ2v) is 9.77. The zero-order valence-electron chi connectivity index (χ0n) is 22.1. The van der Waals surface area contributed by atoms with Crippen LogP contribution >= 0.6 is 0 Å². The molecule has 2 aromatic rings. The molecule has 1 aliphatic heterocycles. The second-order valence-electron chi connectivity index (χ2n) is 9.77. The lowest BCUT2D eigenvalue weighted by molar-refractivity contribution is -0.146. The third-order valence-electron chi connectivity index (χ3n) is 5.42. The van der Waals surface area contributed by atoms with Gasteiger partial charge in [0.05, 0.1) is 12.3 Å². The third-order valence-corrected chi connectivity index (χ3v) is 5.42. The summed E-state index contributed by atoms with van der Waals surface area (Å²) in [6.07, 6.45) is -1.30. The number of benzene rings is 2. The average molecular weight is 527 g/mol. The lowest BCUT2D eigenvalue weighted by Gasteiger charge is -2.26. The van der Waals surface area contributed by atoms with Gasteiger partial charge in [-0.15, -0.1) is 0 Å². The van der Waals surface area contributed by atoms with Crippen molar-refractivity contribution in [2.75, 3.05) is 11.9 Å². The largest absolute Gasteiger partial charge is 0.478 e. The van der Waals surface area contributed by atoms with E-state index >= 15 is 0 Å². The van der Waals surface area contributed by atoms with Crippen molar-refractivity contribution < 1.29 is 38.1 Å². The maximum Gasteiger partial charge on any atom is 0.408 e. The van der Waals surface area contributed by atoms with Gasteiger partial charge < -0.3 is 29.6 Å². The molecule has 0 bridgehead atoms. The highest BCUT2D eigenvalue weighted by atomic mass is 16.6. The Bertz CT molecular complexity index is 1140. The van der Waals surface area contributed by atoms with Gasteiger partial charge in [-0.3, -0.25) is 9.59 Å². The fraction of sp³-hybridized carbons (Fsp3) is 0.429. The topological polar surface area (TPSA) is 129 Å². The van der Waals surface area contributed by atoms with Gasteiger partial charge in [0.15, 0.2) is 6.10 Å². The van der Waals surface area contributed by atoms with E-state index < -0.39 is 35.8 Å². The fourth-order valence-corrected chi connectivity index (χ4v) is 3.70. The van der Waals surface area contributed by atoms with Crippen LogP contribution in [0, 0.1) is 0 Å². The Kier molecular flexibility index (Phi) is 9.70. The van der Waals surface area contributed by atoms with E-state index in [4.69, 9.17) is 18.9 Å². The third kappa shape index (κ3) is 8.79. The van der Waals surface area contributed by atoms with E-state index in [0.717, 1.165) is 5.56 Å². The first-order valence-corrected chi connectivity index (χ1v) is 12.5. The summed E-state index contributed by atoms with van der Waals surface area (Å²) in [5.41, 5.74) is 1.23. The Morgan fingerprint density at radius 3 is 2.47 bits per heavy atom. The molecule has 0 fully saturated rings. The molecular formula is C28H34N2O8. The SMILES string of the molecule is CCOC(=O)[C@H](Cc1ccc2c(c1)NC(=O)[C@@H](CCC(=O)OCc1ccccc1)O2)NC(=O)OC(C)(C)C. The number of rotatable bonds is 10. The van der Waals surface area contributed by atoms with Crippen LogP contribution in [0.15, 0.2) is 48.5 Å². The highest BCUT2D eigenvalue weighted by Crippen LogP contribution is 2.32. The Morgan fingerprint density at radius 2 is 1.79 bits per heavy atom. The molecule has 2 N–H and O–H groups in total. The van der Waals surface area contributed by atoms with Crippen LogP contribution in [-0.4, -0.2) is 48.3 Å². The Labute approximate surface area is 222 Å². The number of fused-ring (bicyclic) bond motifs is 1. The van der Waals surface area contributed by atoms with Crippen LogP contribution in [0.3, 0.4) is 0 Å². The van der Waals surface area contributed by atoms with Crippen molar-refractivity contribution in [3.63, 3.8) is 0 Å². The zero-order valence-corrected chi connectivity index (χ0v) is 22.1. The first kappa shape index (κ1) is 28.5. The Hall–Kier alpha value is -4.08. The van der Waals surface area contributed by atoms with E-state index in [1.54, 1.807) is 45.9 Å². The summed E-state index contributed by atoms with van der Waals surface area (Å²) in [6.45, 7) is 7.16. The minimum absolute atomic E-state index is 0.0237. The first-order valence-electron chi connectivity index (χ1n) is 12.5. The van der Waals surface area contributed by atoms with Gasteiger partial charge in [0.2, 0.25) is 0 Å². The normalized spacial score (nSPS) is 15.3. The lowest BCUT2D eigenvalue weighted by atomic mass is 10.0. The summed E-state index contributed by atoms with van der Waals surface area (Å²) >= 11 is 0. The molecule has 10 heteroatoms. The highest BCUT2D eigenvalue weighted by Gasteiger charge is 2.30. The van der Waals surface area contributed by atoms with Crippen molar-refractivity contribution in [3.8, 4) is 5.75 Å². The van der Waals surface area contributed by atoms with E-state index in [1.165, 1.54) is 0 Å². The summed E-state index contributed by atoms with van der Waals surface area (Å²) in [7, 11) is 0. The van der Waals surface area contributed by atoms with Gasteiger partial charge in [0, 0.05) is 19.3 Å². The number of esters is 2. The van der Waals surface area contributed by atoms with Gasteiger partial charge in [-0.1, -0.05) is 36.4 Å². The summed E-state index contributed by atoms with van der Waals surface area (Å²) in [5, 5.41) is 5.34. The zero-order chi connectivity index (χ0) is 27.7. The highest BCUT2D eigenvalue weighted by molar-refractivity contribution is 5.98. The lowest BCUT2D eigenvalue weighted by Crippen LogP contribution is -2.45. The molecule has 10 nitrogen and oxygen atoms in total. The minimum atomic E-state index is -0.988. The van der Waals surface area contributed by atoms with Crippen molar-refractivity contribution in [3.05, 3.63) is 59.7 Å². The van der Waals surface area contributed by atoms with Gasteiger partial charge >= 0.3 is 18.0 Å². The Morgan fingerprint density at radius 1 is 1.05 bits per heavy atom. The van der Waals surface area contributed by atoms with Crippen molar-refractivity contribution in [2.45, 2.75) is 71.3 Å². The van der Waals surface area contributed by atoms with Crippen LogP contribution in [0.25, 0.3) is 0 Å². The number of carbonyl (C=O) groups is 4. The molecule has 0 spiro atoms. The molecule has 2 amide bonds. The van der Waals surface area contributed by atoms with Crippen LogP contribution in [0.2, 0.25) is 0 Å². The van der Waals surface area contributed by atoms with Crippen molar-refractivity contribution in [1.82, 2.24) is 5.32 Å². The summed E-state index contributed by atoms with van der Waals surface area (Å²) in [5.74, 6) is -0.979. The maximum absolute atomic E-state index is 12.6. The Balaban J connectivity index is 1.58. The minimum Gasteiger partial charge on any atom is -0.478 e. The van der Waals surface area contributed by atoms with E-state index in [-0.39, 0.29) is 38.4 Å². The molecule has 0 aliphatic carbocycles. The quantitative estimate of drug-likeness (QED) is 0.352. The molecule has 0 radical (unpaired) electrons. The number of anilines is 1. The molecule has 2 aromatic carbocycles. The van der Waals surface area contributed by atoms with Crippen LogP contribution in [0.4, 0.5) is 10.5 Å². The monoisotopic (exact) mass is 526 g/mol. The van der Waals surface area contributed by atoms with Gasteiger partial charge in [-0.25, -0.2) is 9.59 Å². The van der Waals surface area contributed by atoms with Gasteiger partial charge in [0.25, 0.3) is 5.91 Å². The van der Waals surface area contributed by atoms with E-state index in [0.29, 0.717) is 17.0 Å². The average Bonchev–Trinajstić information content (AvgIpc) is 2.85. The van der Waals surface area contributed by atoms with Crippen LogP contribution in [-0.2, 0) is 41.6 Å². The molecule has 0 saturated carbocycles. The fourth-order valence-electron chi connectivity index (χ4n) is 3.70. The first-order chi connectivity index (χ1) is 18.0. The number of ether oxygens (including phenoxy) is 4. The second kappa shape index (κ2) is 12.9. The molecule has 1 heterocycles. The number of alkyl carbamates (subject to hydrolysis) is 1. The number of amides is 2. The molecule has 38 heavy (non-hydrogen) atoms. The predicted octanol–water partition coefficient (Wildman–Crippen LogP) is 3.91. The van der Waals surface area contributed by atoms with E-state index in [2.05, 4.69) is 10.6 Å². The van der Waals surface area contributed by atoms with E-state index in [9.17, 15) is 19.2 Å². The molecule has 3 rings (SSSR count). The molecule has 204 valence electrons. The number of carbonyl (C=O) groups excluding carboxylic acids is 4. The van der Waals surface area contributed by atoms with Crippen molar-refractivity contribution in [1.29, 1.82) is 0 Å². The number of hydrogen-bond acceptors (Lipinski definition) is 8. The molecular weight excluding hydrogens is 492 g/mol. The molecule has 0 unspecified atom stereocenters. The summed E-state index contributed by atoms with van der Waals surface area (Å²) in [4.78, 5) is 49.5. The van der Waals surface area contributed by atoms with Crippen molar-refractivity contribution in [2.24, 2.45) is 0 Å². The molecule has 0 saturated heterocycles. The summed E-state index contributed by atoms with van der Waals surface area (Å²) in [6, 6.07) is 13.4. The summed E-state index contributed by atoms with van der Waals surface area (Å²) < 4.78 is 21.4. The van der Waals surface area contributed by atoms with Gasteiger partial charge in [-0.2, -0.15) is 0 Å². The van der Waals surface area contributed by atoms with Crippen LogP contribution < -0.4 is 15.4 Å². The van der Waals surface area contributed by atoms with Crippen LogP contribution in [0.5, 0.6) is 5.75 Å². The maximum atomic E-state index is 12.6.